The van der Waals surface area contributed by atoms with Gasteiger partial charge in [-0.25, -0.2) is 0 Å². The third-order valence-electron chi connectivity index (χ3n) is 6.10. The summed E-state index contributed by atoms with van der Waals surface area (Å²) in [6.07, 6.45) is 0. The third kappa shape index (κ3) is 3.96. The summed E-state index contributed by atoms with van der Waals surface area (Å²) in [4.78, 5) is 39.4. The number of benzene rings is 2. The number of hydrogen-bond acceptors (Lipinski definition) is 4. The van der Waals surface area contributed by atoms with Crippen LogP contribution in [0.1, 0.15) is 19.4 Å². The molecule has 2 amide bonds. The molecule has 2 aromatic carbocycles. The lowest BCUT2D eigenvalue weighted by Gasteiger charge is -2.28. The highest BCUT2D eigenvalue weighted by molar-refractivity contribution is 6.38. The van der Waals surface area contributed by atoms with Crippen LogP contribution in [-0.2, 0) is 19.9 Å². The molecule has 2 aromatic rings. The molecule has 0 saturated carbocycles. The van der Waals surface area contributed by atoms with Gasteiger partial charge in [0.25, 0.3) is 0 Å². The third-order valence-corrected chi connectivity index (χ3v) is 7.05. The highest BCUT2D eigenvalue weighted by atomic mass is 35.5. The Morgan fingerprint density at radius 3 is 2.21 bits per heavy atom. The Morgan fingerprint density at radius 1 is 1.03 bits per heavy atom. The average molecular weight is 531 g/mol. The van der Waals surface area contributed by atoms with Crippen LogP contribution in [0.5, 0.6) is 0 Å². The lowest BCUT2D eigenvalue weighted by Crippen LogP contribution is -2.52. The van der Waals surface area contributed by atoms with E-state index in [1.54, 1.807) is 0 Å². The van der Waals surface area contributed by atoms with Gasteiger partial charge in [-0.15, -0.1) is 0 Å². The van der Waals surface area contributed by atoms with Crippen LogP contribution in [0.3, 0.4) is 0 Å². The molecule has 1 spiro atoms. The van der Waals surface area contributed by atoms with E-state index in [2.05, 4.69) is 16.0 Å². The number of anilines is 2. The summed E-state index contributed by atoms with van der Waals surface area (Å²) in [5.74, 6) is -5.27. The first kappa shape index (κ1) is 24.1. The van der Waals surface area contributed by atoms with Gasteiger partial charge in [0, 0.05) is 32.4 Å². The van der Waals surface area contributed by atoms with Crippen molar-refractivity contribution in [3.63, 3.8) is 0 Å². The Morgan fingerprint density at radius 2 is 1.64 bits per heavy atom. The molecule has 4 atom stereocenters. The number of fused-ring (bicyclic) bond motifs is 2. The fourth-order valence-electron chi connectivity index (χ4n) is 4.80. The fraction of sp³-hybridized carbons (Fsp3) is 0.318. The van der Waals surface area contributed by atoms with E-state index in [0.29, 0.717) is 21.3 Å². The smallest absolute Gasteiger partial charge is 0.310 e. The van der Waals surface area contributed by atoms with Gasteiger partial charge in [-0.3, -0.25) is 19.7 Å². The molecule has 174 valence electrons. The van der Waals surface area contributed by atoms with Crippen LogP contribution in [-0.4, -0.2) is 28.9 Å². The van der Waals surface area contributed by atoms with Gasteiger partial charge in [-0.05, 0) is 36.2 Å². The molecule has 2 heterocycles. The van der Waals surface area contributed by atoms with Crippen molar-refractivity contribution >= 4 is 75.6 Å². The van der Waals surface area contributed by atoms with Gasteiger partial charge < -0.3 is 15.7 Å². The van der Waals surface area contributed by atoms with E-state index in [4.69, 9.17) is 46.4 Å². The number of hydrogen-bond donors (Lipinski definition) is 4. The highest BCUT2D eigenvalue weighted by Crippen LogP contribution is 2.53. The van der Waals surface area contributed by atoms with E-state index in [1.807, 2.05) is 13.8 Å². The second-order valence-electron chi connectivity index (χ2n) is 8.48. The molecular formula is C22H19Cl4N3O4. The maximum atomic E-state index is 13.5. The summed E-state index contributed by atoms with van der Waals surface area (Å²) in [5, 5.41) is 19.9. The molecule has 0 radical (unpaired) electrons. The number of nitrogens with one attached hydrogen (secondary N) is 3. The van der Waals surface area contributed by atoms with Crippen molar-refractivity contribution in [2.24, 2.45) is 17.8 Å². The minimum Gasteiger partial charge on any atom is -0.481 e. The van der Waals surface area contributed by atoms with Gasteiger partial charge in [-0.2, -0.15) is 0 Å². The van der Waals surface area contributed by atoms with E-state index in [9.17, 15) is 19.5 Å². The maximum absolute atomic E-state index is 13.5. The van der Waals surface area contributed by atoms with E-state index < -0.39 is 41.2 Å². The van der Waals surface area contributed by atoms with Crippen LogP contribution in [0, 0.1) is 17.8 Å². The molecular weight excluding hydrogens is 512 g/mol. The Kier molecular flexibility index (Phi) is 6.31. The first-order valence-corrected chi connectivity index (χ1v) is 11.5. The molecule has 7 nitrogen and oxygen atoms in total. The molecule has 0 bridgehead atoms. The first-order chi connectivity index (χ1) is 15.5. The van der Waals surface area contributed by atoms with Crippen LogP contribution in [0.15, 0.2) is 30.3 Å². The van der Waals surface area contributed by atoms with Gasteiger partial charge in [0.2, 0.25) is 11.8 Å². The van der Waals surface area contributed by atoms with Gasteiger partial charge in [-0.1, -0.05) is 60.3 Å². The standard InChI is InChI=1S/C22H19Cl4N3O4/c1-8(2)17-15(19(30)27-12-4-9(23)3-10(24)5-12)16(20(31)32)22(29-17)13-6-11(25)7-14(26)18(13)28-21(22)33/h3-8,15-17,29H,1-2H3,(H,27,30)(H,28,33)(H,31,32). The normalized spacial score (nSPS) is 25.9. The van der Waals surface area contributed by atoms with Crippen molar-refractivity contribution in [1.29, 1.82) is 0 Å². The fourth-order valence-corrected chi connectivity index (χ4v) is 5.87. The number of carboxylic acid groups (broad SMARTS) is 1. The van der Waals surface area contributed by atoms with Crippen molar-refractivity contribution in [2.75, 3.05) is 10.6 Å². The number of aliphatic carboxylic acids is 1. The SMILES string of the molecule is CC(C)C1NC2(C(=O)Nc3c(Cl)cc(Cl)cc32)C(C(=O)O)C1C(=O)Nc1cc(Cl)cc(Cl)c1. The van der Waals surface area contributed by atoms with Crippen LogP contribution in [0.2, 0.25) is 20.1 Å². The summed E-state index contributed by atoms with van der Waals surface area (Å²) < 4.78 is 0. The summed E-state index contributed by atoms with van der Waals surface area (Å²) in [6.45, 7) is 3.68. The van der Waals surface area contributed by atoms with Gasteiger partial charge >= 0.3 is 5.97 Å². The first-order valence-electron chi connectivity index (χ1n) is 10.0. The number of carbonyl (C=O) groups is 3. The van der Waals surface area contributed by atoms with E-state index >= 15 is 0 Å². The second kappa shape index (κ2) is 8.64. The predicted octanol–water partition coefficient (Wildman–Crippen LogP) is 5.03. The Hall–Kier alpha value is -2.03. The Bertz CT molecular complexity index is 1170. The maximum Gasteiger partial charge on any atom is 0.310 e. The van der Waals surface area contributed by atoms with Crippen LogP contribution in [0.25, 0.3) is 0 Å². The number of carbonyl (C=O) groups excluding carboxylic acids is 2. The van der Waals surface area contributed by atoms with Crippen molar-refractivity contribution in [1.82, 2.24) is 5.32 Å². The summed E-state index contributed by atoms with van der Waals surface area (Å²) in [7, 11) is 0. The van der Waals surface area contributed by atoms with Crippen molar-refractivity contribution < 1.29 is 19.5 Å². The molecule has 33 heavy (non-hydrogen) atoms. The van der Waals surface area contributed by atoms with E-state index in [0.717, 1.165) is 0 Å². The topological polar surface area (TPSA) is 108 Å². The number of carboxylic acids is 1. The van der Waals surface area contributed by atoms with Gasteiger partial charge in [0.1, 0.15) is 11.5 Å². The van der Waals surface area contributed by atoms with Crippen molar-refractivity contribution in [2.45, 2.75) is 25.4 Å². The van der Waals surface area contributed by atoms with E-state index in [-0.39, 0.29) is 21.7 Å². The lowest BCUT2D eigenvalue weighted by atomic mass is 9.74. The number of rotatable bonds is 4. The molecule has 2 aliphatic heterocycles. The van der Waals surface area contributed by atoms with Crippen LogP contribution in [0.4, 0.5) is 11.4 Å². The largest absolute Gasteiger partial charge is 0.481 e. The average Bonchev–Trinajstić information content (AvgIpc) is 3.19. The molecule has 11 heteroatoms. The molecule has 1 saturated heterocycles. The summed E-state index contributed by atoms with van der Waals surface area (Å²) in [5.41, 5.74) is -0.856. The number of amides is 2. The summed E-state index contributed by atoms with van der Waals surface area (Å²) in [6, 6.07) is 6.81. The second-order valence-corrected chi connectivity index (χ2v) is 10.2. The number of halogens is 4. The molecule has 4 rings (SSSR count). The zero-order valence-corrected chi connectivity index (χ0v) is 20.4. The van der Waals surface area contributed by atoms with Crippen molar-refractivity contribution in [3.8, 4) is 0 Å². The summed E-state index contributed by atoms with van der Waals surface area (Å²) >= 11 is 24.6. The Balaban J connectivity index is 1.84. The minimum absolute atomic E-state index is 0.177. The predicted molar refractivity (Wildman–Crippen MR) is 128 cm³/mol. The molecule has 4 N–H and O–H groups in total. The lowest BCUT2D eigenvalue weighted by molar-refractivity contribution is -0.150. The van der Waals surface area contributed by atoms with Crippen LogP contribution < -0.4 is 16.0 Å². The van der Waals surface area contributed by atoms with Gasteiger partial charge in [0.15, 0.2) is 0 Å². The molecule has 0 aliphatic carbocycles. The van der Waals surface area contributed by atoms with Crippen molar-refractivity contribution in [3.05, 3.63) is 56.0 Å². The zero-order chi connectivity index (χ0) is 24.2. The Labute approximate surface area is 209 Å². The minimum atomic E-state index is -1.74. The zero-order valence-electron chi connectivity index (χ0n) is 17.4. The molecule has 4 unspecified atom stereocenters. The van der Waals surface area contributed by atoms with E-state index in [1.165, 1.54) is 30.3 Å². The molecule has 0 aromatic heterocycles. The highest BCUT2D eigenvalue weighted by Gasteiger charge is 2.67. The monoisotopic (exact) mass is 529 g/mol. The molecule has 1 fully saturated rings. The van der Waals surface area contributed by atoms with Crippen LogP contribution >= 0.6 is 46.4 Å². The quantitative estimate of drug-likeness (QED) is 0.443. The van der Waals surface area contributed by atoms with Gasteiger partial charge in [0.05, 0.1) is 16.6 Å². The molecule has 2 aliphatic rings.